The summed E-state index contributed by atoms with van der Waals surface area (Å²) in [5.74, 6) is 0.696. The van der Waals surface area contributed by atoms with Crippen molar-refractivity contribution in [1.82, 2.24) is 19.8 Å². The summed E-state index contributed by atoms with van der Waals surface area (Å²) in [7, 11) is 0. The van der Waals surface area contributed by atoms with Crippen molar-refractivity contribution in [2.75, 3.05) is 0 Å². The van der Waals surface area contributed by atoms with Gasteiger partial charge in [-0.25, -0.2) is 4.39 Å². The predicted octanol–water partition coefficient (Wildman–Crippen LogP) is 3.63. The van der Waals surface area contributed by atoms with Crippen molar-refractivity contribution in [1.29, 1.82) is 0 Å². The number of rotatable bonds is 2. The van der Waals surface area contributed by atoms with Gasteiger partial charge < -0.3 is 0 Å². The van der Waals surface area contributed by atoms with Gasteiger partial charge in [0.1, 0.15) is 10.8 Å². The number of aromatic nitrogens is 4. The summed E-state index contributed by atoms with van der Waals surface area (Å²) >= 11 is 4.78. The fraction of sp³-hybridized carbons (Fsp3) is 0.250. The van der Waals surface area contributed by atoms with E-state index >= 15 is 0 Å². The highest BCUT2D eigenvalue weighted by molar-refractivity contribution is 9.10. The molecule has 0 spiro atoms. The van der Waals surface area contributed by atoms with E-state index < -0.39 is 0 Å². The lowest BCUT2D eigenvalue weighted by Gasteiger charge is -1.99. The molecule has 1 fully saturated rings. The van der Waals surface area contributed by atoms with Crippen LogP contribution in [-0.2, 0) is 0 Å². The third kappa shape index (κ3) is 1.88. The molecule has 0 aliphatic heterocycles. The summed E-state index contributed by atoms with van der Waals surface area (Å²) in [6, 6.07) is 4.89. The van der Waals surface area contributed by atoms with Gasteiger partial charge in [-0.05, 0) is 31.0 Å². The number of hydrogen-bond donors (Lipinski definition) is 0. The Bertz CT molecular complexity index is 777. The van der Waals surface area contributed by atoms with Crippen molar-refractivity contribution < 1.29 is 4.39 Å². The molecule has 1 saturated carbocycles. The third-order valence-corrected chi connectivity index (χ3v) is 4.66. The van der Waals surface area contributed by atoms with Crippen LogP contribution >= 0.6 is 27.3 Å². The van der Waals surface area contributed by atoms with Gasteiger partial charge in [-0.1, -0.05) is 27.3 Å². The number of benzene rings is 1. The van der Waals surface area contributed by atoms with E-state index in [1.165, 1.54) is 30.2 Å². The first-order chi connectivity index (χ1) is 9.22. The highest BCUT2D eigenvalue weighted by Gasteiger charge is 2.28. The molecule has 0 bridgehead atoms. The van der Waals surface area contributed by atoms with Crippen LogP contribution in [0.1, 0.15) is 23.8 Å². The van der Waals surface area contributed by atoms with Gasteiger partial charge in [0.25, 0.3) is 0 Å². The van der Waals surface area contributed by atoms with Crippen LogP contribution in [0.4, 0.5) is 4.39 Å². The molecule has 0 atom stereocenters. The van der Waals surface area contributed by atoms with Gasteiger partial charge in [-0.15, -0.1) is 10.2 Å². The second-order valence-corrected chi connectivity index (χ2v) is 6.46. The fourth-order valence-corrected chi connectivity index (χ4v) is 3.31. The quantitative estimate of drug-likeness (QED) is 0.716. The first kappa shape index (κ1) is 11.5. The summed E-state index contributed by atoms with van der Waals surface area (Å²) in [6.07, 6.45) is 2.37. The average Bonchev–Trinajstić information content (AvgIpc) is 3.02. The molecular formula is C12H8BrFN4S. The first-order valence-electron chi connectivity index (χ1n) is 5.90. The van der Waals surface area contributed by atoms with Gasteiger partial charge in [0.2, 0.25) is 4.96 Å². The number of nitrogens with zero attached hydrogens (tertiary/aromatic N) is 4. The molecule has 0 unspecified atom stereocenters. The van der Waals surface area contributed by atoms with E-state index in [4.69, 9.17) is 0 Å². The molecule has 0 amide bonds. The van der Waals surface area contributed by atoms with Crippen LogP contribution in [0.5, 0.6) is 0 Å². The average molecular weight is 339 g/mol. The maximum atomic E-state index is 14.0. The van der Waals surface area contributed by atoms with Crippen molar-refractivity contribution in [3.8, 4) is 11.4 Å². The van der Waals surface area contributed by atoms with E-state index in [9.17, 15) is 4.39 Å². The second-order valence-electron chi connectivity index (χ2n) is 4.56. The van der Waals surface area contributed by atoms with Crippen LogP contribution in [0.25, 0.3) is 16.3 Å². The lowest BCUT2D eigenvalue weighted by molar-refractivity contribution is 0.628. The summed E-state index contributed by atoms with van der Waals surface area (Å²) < 4.78 is 16.3. The minimum Gasteiger partial charge on any atom is -0.206 e. The number of fused-ring (bicyclic) bond motifs is 1. The van der Waals surface area contributed by atoms with Crippen LogP contribution in [0.15, 0.2) is 22.7 Å². The van der Waals surface area contributed by atoms with E-state index in [0.29, 0.717) is 21.8 Å². The van der Waals surface area contributed by atoms with Crippen molar-refractivity contribution >= 4 is 32.2 Å². The van der Waals surface area contributed by atoms with Gasteiger partial charge >= 0.3 is 0 Å². The molecule has 7 heteroatoms. The summed E-state index contributed by atoms with van der Waals surface area (Å²) in [4.78, 5) is 0.721. The van der Waals surface area contributed by atoms with E-state index in [-0.39, 0.29) is 5.82 Å². The molecule has 2 aromatic heterocycles. The van der Waals surface area contributed by atoms with Gasteiger partial charge in [0, 0.05) is 10.4 Å². The Labute approximate surface area is 120 Å². The zero-order valence-electron chi connectivity index (χ0n) is 9.68. The second kappa shape index (κ2) is 4.08. The molecular weight excluding hydrogens is 331 g/mol. The van der Waals surface area contributed by atoms with Gasteiger partial charge in [0.05, 0.1) is 5.56 Å². The monoisotopic (exact) mass is 338 g/mol. The SMILES string of the molecule is Fc1cc(Br)ccc1-c1nnc2sc(C3CC3)nn12. The molecule has 0 N–H and O–H groups in total. The summed E-state index contributed by atoms with van der Waals surface area (Å²) in [6.45, 7) is 0. The Morgan fingerprint density at radius 2 is 2.16 bits per heavy atom. The Kier molecular flexibility index (Phi) is 2.46. The molecule has 2 heterocycles. The predicted molar refractivity (Wildman–Crippen MR) is 73.7 cm³/mol. The van der Waals surface area contributed by atoms with E-state index in [2.05, 4.69) is 31.2 Å². The zero-order valence-corrected chi connectivity index (χ0v) is 12.1. The van der Waals surface area contributed by atoms with E-state index in [0.717, 1.165) is 9.97 Å². The lowest BCUT2D eigenvalue weighted by Crippen LogP contribution is -1.94. The molecule has 96 valence electrons. The molecule has 1 aliphatic rings. The van der Waals surface area contributed by atoms with Crippen LogP contribution in [0.2, 0.25) is 0 Å². The standard InChI is InChI=1S/C12H8BrFN4S/c13-7-3-4-8(9(14)5-7)10-15-16-12-18(10)17-11(19-12)6-1-2-6/h3-6H,1-2H2. The Balaban J connectivity index is 1.89. The molecule has 4 rings (SSSR count). The third-order valence-electron chi connectivity index (χ3n) is 3.11. The maximum Gasteiger partial charge on any atom is 0.234 e. The highest BCUT2D eigenvalue weighted by Crippen LogP contribution is 2.42. The first-order valence-corrected chi connectivity index (χ1v) is 7.51. The largest absolute Gasteiger partial charge is 0.234 e. The van der Waals surface area contributed by atoms with Gasteiger partial charge in [0.15, 0.2) is 5.82 Å². The minimum atomic E-state index is -0.329. The topological polar surface area (TPSA) is 43.1 Å². The highest BCUT2D eigenvalue weighted by atomic mass is 79.9. The van der Waals surface area contributed by atoms with Crippen LogP contribution < -0.4 is 0 Å². The Morgan fingerprint density at radius 1 is 1.32 bits per heavy atom. The molecule has 3 aromatic rings. The van der Waals surface area contributed by atoms with E-state index in [1.807, 2.05) is 0 Å². The van der Waals surface area contributed by atoms with Crippen molar-refractivity contribution in [2.24, 2.45) is 0 Å². The van der Waals surface area contributed by atoms with Crippen LogP contribution in [0, 0.1) is 5.82 Å². The Morgan fingerprint density at radius 3 is 2.89 bits per heavy atom. The molecule has 0 saturated heterocycles. The van der Waals surface area contributed by atoms with E-state index in [1.54, 1.807) is 16.6 Å². The molecule has 0 radical (unpaired) electrons. The van der Waals surface area contributed by atoms with Crippen molar-refractivity contribution in [3.05, 3.63) is 33.5 Å². The van der Waals surface area contributed by atoms with Crippen LogP contribution in [0.3, 0.4) is 0 Å². The normalized spacial score (nSPS) is 15.3. The molecule has 19 heavy (non-hydrogen) atoms. The minimum absolute atomic E-state index is 0.329. The molecule has 4 nitrogen and oxygen atoms in total. The summed E-state index contributed by atoms with van der Waals surface area (Å²) in [5, 5.41) is 13.7. The maximum absolute atomic E-state index is 14.0. The zero-order chi connectivity index (χ0) is 13.0. The number of hydrogen-bond acceptors (Lipinski definition) is 4. The van der Waals surface area contributed by atoms with Gasteiger partial charge in [-0.2, -0.15) is 9.61 Å². The summed E-state index contributed by atoms with van der Waals surface area (Å²) in [5.41, 5.74) is 0.420. The van der Waals surface area contributed by atoms with Gasteiger partial charge in [-0.3, -0.25) is 0 Å². The smallest absolute Gasteiger partial charge is 0.206 e. The molecule has 1 aromatic carbocycles. The fourth-order valence-electron chi connectivity index (χ4n) is 1.97. The Hall–Kier alpha value is -1.34. The lowest BCUT2D eigenvalue weighted by atomic mass is 10.2. The van der Waals surface area contributed by atoms with Crippen molar-refractivity contribution in [2.45, 2.75) is 18.8 Å². The number of halogens is 2. The van der Waals surface area contributed by atoms with Crippen LogP contribution in [-0.4, -0.2) is 19.8 Å². The van der Waals surface area contributed by atoms with Crippen molar-refractivity contribution in [3.63, 3.8) is 0 Å². The molecule has 1 aliphatic carbocycles.